The largest absolute Gasteiger partial charge is 0.490 e. The molecule has 0 spiro atoms. The number of thiocarbonyl (C=S) groups is 1. The van der Waals surface area contributed by atoms with Crippen molar-refractivity contribution in [1.82, 2.24) is 5.32 Å². The predicted octanol–water partition coefficient (Wildman–Crippen LogP) is 4.67. The lowest BCUT2D eigenvalue weighted by Crippen LogP contribution is -2.31. The van der Waals surface area contributed by atoms with Crippen molar-refractivity contribution in [3.05, 3.63) is 53.8 Å². The van der Waals surface area contributed by atoms with E-state index in [2.05, 4.69) is 10.6 Å². The highest BCUT2D eigenvalue weighted by Crippen LogP contribution is 2.30. The number of ether oxygens (including phenoxy) is 2. The molecule has 25 heavy (non-hydrogen) atoms. The van der Waals surface area contributed by atoms with Crippen LogP contribution in [0.2, 0.25) is 0 Å². The Bertz CT molecular complexity index is 724. The van der Waals surface area contributed by atoms with E-state index >= 15 is 0 Å². The molecular weight excluding hydrogens is 339 g/mol. The van der Waals surface area contributed by atoms with Gasteiger partial charge in [-0.3, -0.25) is 0 Å². The Morgan fingerprint density at radius 1 is 1.08 bits per heavy atom. The van der Waals surface area contributed by atoms with E-state index in [4.69, 9.17) is 21.7 Å². The zero-order valence-corrected chi connectivity index (χ0v) is 15.5. The van der Waals surface area contributed by atoms with Gasteiger partial charge < -0.3 is 20.1 Å². The maximum atomic E-state index is 13.7. The average molecular weight is 362 g/mol. The highest BCUT2D eigenvalue weighted by atomic mass is 32.1. The number of hydrogen-bond acceptors (Lipinski definition) is 3. The maximum Gasteiger partial charge on any atom is 0.171 e. The molecule has 2 rings (SSSR count). The minimum atomic E-state index is -0.348. The van der Waals surface area contributed by atoms with Crippen molar-refractivity contribution in [2.75, 3.05) is 18.5 Å². The highest BCUT2D eigenvalue weighted by molar-refractivity contribution is 7.80. The predicted molar refractivity (Wildman–Crippen MR) is 103 cm³/mol. The van der Waals surface area contributed by atoms with Crippen molar-refractivity contribution in [1.29, 1.82) is 0 Å². The number of hydrogen-bond donors (Lipinski definition) is 2. The van der Waals surface area contributed by atoms with E-state index in [-0.39, 0.29) is 11.9 Å². The van der Waals surface area contributed by atoms with Gasteiger partial charge in [0.25, 0.3) is 0 Å². The summed E-state index contributed by atoms with van der Waals surface area (Å²) in [7, 11) is 0. The Labute approximate surface area is 153 Å². The fourth-order valence-corrected chi connectivity index (χ4v) is 2.62. The molecule has 2 aromatic rings. The van der Waals surface area contributed by atoms with Crippen molar-refractivity contribution in [3.63, 3.8) is 0 Å². The van der Waals surface area contributed by atoms with Crippen LogP contribution in [0.1, 0.15) is 32.4 Å². The molecule has 0 saturated heterocycles. The summed E-state index contributed by atoms with van der Waals surface area (Å²) >= 11 is 5.28. The molecule has 0 saturated carbocycles. The summed E-state index contributed by atoms with van der Waals surface area (Å²) < 4.78 is 24.9. The number of halogens is 1. The van der Waals surface area contributed by atoms with Gasteiger partial charge in [0, 0.05) is 0 Å². The normalized spacial score (nSPS) is 11.5. The van der Waals surface area contributed by atoms with E-state index < -0.39 is 0 Å². The Hall–Kier alpha value is -2.34. The third-order valence-electron chi connectivity index (χ3n) is 3.54. The summed E-state index contributed by atoms with van der Waals surface area (Å²) in [5, 5.41) is 6.37. The average Bonchev–Trinajstić information content (AvgIpc) is 2.59. The zero-order chi connectivity index (χ0) is 18.2. The summed E-state index contributed by atoms with van der Waals surface area (Å²) in [6, 6.07) is 12.1. The Morgan fingerprint density at radius 2 is 1.76 bits per heavy atom. The summed E-state index contributed by atoms with van der Waals surface area (Å²) in [4.78, 5) is 0. The van der Waals surface area contributed by atoms with E-state index in [1.807, 2.05) is 39.0 Å². The fourth-order valence-electron chi connectivity index (χ4n) is 2.34. The van der Waals surface area contributed by atoms with Gasteiger partial charge in [-0.2, -0.15) is 0 Å². The van der Waals surface area contributed by atoms with Gasteiger partial charge in [0.05, 0.1) is 24.9 Å². The van der Waals surface area contributed by atoms with Gasteiger partial charge in [0.2, 0.25) is 0 Å². The molecule has 0 aliphatic heterocycles. The van der Waals surface area contributed by atoms with Crippen molar-refractivity contribution in [2.45, 2.75) is 26.8 Å². The van der Waals surface area contributed by atoms with Crippen molar-refractivity contribution >= 4 is 23.0 Å². The second-order valence-electron chi connectivity index (χ2n) is 5.37. The van der Waals surface area contributed by atoms with Crippen LogP contribution in [0.5, 0.6) is 11.5 Å². The van der Waals surface area contributed by atoms with Gasteiger partial charge in [0.15, 0.2) is 16.6 Å². The maximum absolute atomic E-state index is 13.7. The quantitative estimate of drug-likeness (QED) is 0.701. The van der Waals surface area contributed by atoms with E-state index in [1.54, 1.807) is 18.2 Å². The molecule has 0 aliphatic rings. The van der Waals surface area contributed by atoms with Crippen molar-refractivity contribution in [3.8, 4) is 11.5 Å². The summed E-state index contributed by atoms with van der Waals surface area (Å²) in [6.07, 6.45) is 0. The van der Waals surface area contributed by atoms with E-state index in [9.17, 15) is 4.39 Å². The monoisotopic (exact) mass is 362 g/mol. The van der Waals surface area contributed by atoms with Gasteiger partial charge in [-0.15, -0.1) is 0 Å². The van der Waals surface area contributed by atoms with Crippen LogP contribution >= 0.6 is 12.2 Å². The summed E-state index contributed by atoms with van der Waals surface area (Å²) in [5.74, 6) is 1.06. The summed E-state index contributed by atoms with van der Waals surface area (Å²) in [6.45, 7) is 6.96. The van der Waals surface area contributed by atoms with Crippen LogP contribution in [0.15, 0.2) is 42.5 Å². The third kappa shape index (κ3) is 5.32. The molecule has 0 amide bonds. The lowest BCUT2D eigenvalue weighted by Gasteiger charge is -2.19. The van der Waals surface area contributed by atoms with Gasteiger partial charge in [0.1, 0.15) is 5.82 Å². The molecule has 4 nitrogen and oxygen atoms in total. The Balaban J connectivity index is 2.06. The van der Waals surface area contributed by atoms with Gasteiger partial charge in [-0.05, 0) is 62.8 Å². The molecule has 0 heterocycles. The first-order chi connectivity index (χ1) is 12.0. The van der Waals surface area contributed by atoms with Crippen molar-refractivity contribution < 1.29 is 13.9 Å². The van der Waals surface area contributed by atoms with Crippen LogP contribution in [0.25, 0.3) is 0 Å². The first-order valence-electron chi connectivity index (χ1n) is 8.26. The van der Waals surface area contributed by atoms with Crippen LogP contribution in [0.4, 0.5) is 10.1 Å². The van der Waals surface area contributed by atoms with Crippen LogP contribution in [0.3, 0.4) is 0 Å². The fraction of sp³-hybridized carbons (Fsp3) is 0.316. The molecular formula is C19H23FN2O2S. The summed E-state index contributed by atoms with van der Waals surface area (Å²) in [5.41, 5.74) is 1.33. The molecule has 2 N–H and O–H groups in total. The van der Waals surface area contributed by atoms with Gasteiger partial charge >= 0.3 is 0 Å². The number of benzene rings is 2. The molecule has 2 aromatic carbocycles. The molecule has 134 valence electrons. The first kappa shape index (κ1) is 19.0. The standard InChI is InChI=1S/C19H23FN2O2S/c1-4-23-17-11-10-14(12-18(17)24-5-2)13(3)21-19(25)22-16-9-7-6-8-15(16)20/h6-13H,4-5H2,1-3H3,(H2,21,22,25)/t13-/m1/s1. The van der Waals surface area contributed by atoms with Crippen LogP contribution in [-0.4, -0.2) is 18.3 Å². The van der Waals surface area contributed by atoms with Crippen molar-refractivity contribution in [2.24, 2.45) is 0 Å². The number of rotatable bonds is 7. The van der Waals surface area contributed by atoms with Gasteiger partial charge in [-0.25, -0.2) is 4.39 Å². The molecule has 1 atom stereocenters. The van der Waals surface area contributed by atoms with E-state index in [0.717, 1.165) is 5.56 Å². The van der Waals surface area contributed by atoms with E-state index in [0.29, 0.717) is 35.5 Å². The number of para-hydroxylation sites is 1. The molecule has 6 heteroatoms. The third-order valence-corrected chi connectivity index (χ3v) is 3.76. The second kappa shape index (κ2) is 9.22. The number of nitrogens with one attached hydrogen (secondary N) is 2. The lowest BCUT2D eigenvalue weighted by atomic mass is 10.1. The minimum absolute atomic E-state index is 0.0818. The molecule has 0 bridgehead atoms. The van der Waals surface area contributed by atoms with E-state index in [1.165, 1.54) is 6.07 Å². The van der Waals surface area contributed by atoms with Gasteiger partial charge in [-0.1, -0.05) is 18.2 Å². The molecule has 0 aliphatic carbocycles. The number of anilines is 1. The lowest BCUT2D eigenvalue weighted by molar-refractivity contribution is 0.287. The molecule has 0 radical (unpaired) electrons. The topological polar surface area (TPSA) is 42.5 Å². The molecule has 0 aromatic heterocycles. The Kier molecular flexibility index (Phi) is 7.01. The minimum Gasteiger partial charge on any atom is -0.490 e. The highest BCUT2D eigenvalue weighted by Gasteiger charge is 2.12. The second-order valence-corrected chi connectivity index (χ2v) is 5.78. The SMILES string of the molecule is CCOc1ccc([C@@H](C)NC(=S)Nc2ccccc2F)cc1OCC. The van der Waals surface area contributed by atoms with Crippen LogP contribution in [0, 0.1) is 5.82 Å². The van der Waals surface area contributed by atoms with Crippen LogP contribution in [-0.2, 0) is 0 Å². The van der Waals surface area contributed by atoms with Crippen LogP contribution < -0.4 is 20.1 Å². The molecule has 0 fully saturated rings. The smallest absolute Gasteiger partial charge is 0.171 e. The first-order valence-corrected chi connectivity index (χ1v) is 8.67. The molecule has 0 unspecified atom stereocenters. The Morgan fingerprint density at radius 3 is 2.44 bits per heavy atom. The zero-order valence-electron chi connectivity index (χ0n) is 14.6.